The molecule has 0 atom stereocenters. The molecule has 0 aliphatic heterocycles. The molecule has 0 saturated heterocycles. The van der Waals surface area contributed by atoms with Crippen molar-refractivity contribution in [3.8, 4) is 0 Å². The molecule has 0 aliphatic carbocycles. The smallest absolute Gasteiger partial charge is 0.253 e. The summed E-state index contributed by atoms with van der Waals surface area (Å²) in [6.07, 6.45) is 1.63. The maximum atomic E-state index is 13.1. The van der Waals surface area contributed by atoms with Gasteiger partial charge in [-0.25, -0.2) is 8.78 Å². The molecule has 1 heterocycles. The van der Waals surface area contributed by atoms with E-state index in [0.717, 1.165) is 23.4 Å². The molecular formula is C14H11ClF2N2O. The molecule has 1 aromatic carbocycles. The van der Waals surface area contributed by atoms with Crippen LogP contribution >= 0.6 is 11.6 Å². The number of rotatable bonds is 3. The van der Waals surface area contributed by atoms with Crippen LogP contribution in [0.5, 0.6) is 0 Å². The molecule has 0 spiro atoms. The van der Waals surface area contributed by atoms with E-state index in [1.807, 2.05) is 19.1 Å². The Hall–Kier alpha value is -2.01. The molecule has 20 heavy (non-hydrogen) atoms. The van der Waals surface area contributed by atoms with Crippen LogP contribution < -0.4 is 5.32 Å². The Morgan fingerprint density at radius 3 is 2.65 bits per heavy atom. The monoisotopic (exact) mass is 296 g/mol. The third-order valence-corrected chi connectivity index (χ3v) is 2.99. The Morgan fingerprint density at radius 2 is 2.00 bits per heavy atom. The molecule has 0 unspecified atom stereocenters. The first-order valence-corrected chi connectivity index (χ1v) is 6.19. The zero-order valence-electron chi connectivity index (χ0n) is 10.6. The van der Waals surface area contributed by atoms with E-state index in [4.69, 9.17) is 11.6 Å². The zero-order valence-corrected chi connectivity index (χ0v) is 11.3. The molecule has 6 heteroatoms. The normalized spacial score (nSPS) is 10.4. The summed E-state index contributed by atoms with van der Waals surface area (Å²) in [5.74, 6) is -2.78. The largest absolute Gasteiger partial charge is 0.348 e. The van der Waals surface area contributed by atoms with Gasteiger partial charge in [0.2, 0.25) is 0 Å². The van der Waals surface area contributed by atoms with E-state index in [0.29, 0.717) is 0 Å². The van der Waals surface area contributed by atoms with Gasteiger partial charge < -0.3 is 5.32 Å². The number of amides is 1. The summed E-state index contributed by atoms with van der Waals surface area (Å²) in [6, 6.07) is 5.18. The molecule has 0 saturated carbocycles. The number of aryl methyl sites for hydroxylation is 1. The van der Waals surface area contributed by atoms with Crippen LogP contribution in [0.2, 0.25) is 5.02 Å². The Bertz CT molecular complexity index is 644. The first kappa shape index (κ1) is 14.4. The van der Waals surface area contributed by atoms with Crippen molar-refractivity contribution in [3.05, 3.63) is 63.9 Å². The van der Waals surface area contributed by atoms with Gasteiger partial charge in [-0.3, -0.25) is 9.78 Å². The molecular weight excluding hydrogens is 286 g/mol. The number of hydrogen-bond acceptors (Lipinski definition) is 2. The minimum Gasteiger partial charge on any atom is -0.348 e. The van der Waals surface area contributed by atoms with Crippen molar-refractivity contribution in [1.82, 2.24) is 10.3 Å². The van der Waals surface area contributed by atoms with Crippen molar-refractivity contribution in [1.29, 1.82) is 0 Å². The molecule has 0 radical (unpaired) electrons. The van der Waals surface area contributed by atoms with E-state index in [9.17, 15) is 13.6 Å². The van der Waals surface area contributed by atoms with Gasteiger partial charge >= 0.3 is 0 Å². The number of pyridine rings is 1. The molecule has 0 bridgehead atoms. The first-order valence-electron chi connectivity index (χ1n) is 5.81. The van der Waals surface area contributed by atoms with Crippen LogP contribution in [0.25, 0.3) is 0 Å². The van der Waals surface area contributed by atoms with E-state index in [-0.39, 0.29) is 17.1 Å². The highest BCUT2D eigenvalue weighted by atomic mass is 35.5. The second-order valence-corrected chi connectivity index (χ2v) is 4.64. The predicted molar refractivity (Wildman–Crippen MR) is 71.5 cm³/mol. The minimum absolute atomic E-state index is 0.106. The summed E-state index contributed by atoms with van der Waals surface area (Å²) in [5.41, 5.74) is 1.55. The average molecular weight is 297 g/mol. The number of carbonyl (C=O) groups is 1. The van der Waals surface area contributed by atoms with Crippen LogP contribution in [-0.4, -0.2) is 10.9 Å². The fourth-order valence-electron chi connectivity index (χ4n) is 1.58. The third-order valence-electron chi connectivity index (χ3n) is 2.68. The van der Waals surface area contributed by atoms with Gasteiger partial charge in [-0.2, -0.15) is 0 Å². The third kappa shape index (κ3) is 3.30. The van der Waals surface area contributed by atoms with Gasteiger partial charge in [0.1, 0.15) is 0 Å². The molecule has 0 aliphatic rings. The minimum atomic E-state index is -1.11. The van der Waals surface area contributed by atoms with Crippen LogP contribution in [0.1, 0.15) is 21.6 Å². The van der Waals surface area contributed by atoms with Gasteiger partial charge in [0.05, 0.1) is 10.6 Å². The lowest BCUT2D eigenvalue weighted by atomic mass is 10.2. The molecule has 1 N–H and O–H groups in total. The summed E-state index contributed by atoms with van der Waals surface area (Å²) in [6.45, 7) is 2.07. The summed E-state index contributed by atoms with van der Waals surface area (Å²) >= 11 is 5.72. The number of halogens is 3. The Kier molecular flexibility index (Phi) is 4.29. The van der Waals surface area contributed by atoms with Crippen molar-refractivity contribution >= 4 is 17.5 Å². The summed E-state index contributed by atoms with van der Waals surface area (Å²) in [5, 5.41) is 2.43. The quantitative estimate of drug-likeness (QED) is 0.884. The maximum absolute atomic E-state index is 13.1. The molecule has 3 nitrogen and oxygen atoms in total. The van der Waals surface area contributed by atoms with Crippen molar-refractivity contribution < 1.29 is 13.6 Å². The molecule has 2 aromatic rings. The number of aromatic nitrogens is 1. The Morgan fingerprint density at radius 1 is 1.30 bits per heavy atom. The van der Waals surface area contributed by atoms with Crippen LogP contribution in [0, 0.1) is 18.6 Å². The van der Waals surface area contributed by atoms with Gasteiger partial charge in [-0.1, -0.05) is 17.7 Å². The highest BCUT2D eigenvalue weighted by Crippen LogP contribution is 2.20. The second-order valence-electron chi connectivity index (χ2n) is 4.24. The van der Waals surface area contributed by atoms with Crippen molar-refractivity contribution in [2.45, 2.75) is 13.5 Å². The number of benzene rings is 1. The molecule has 1 aromatic heterocycles. The fraction of sp³-hybridized carbons (Fsp3) is 0.143. The lowest BCUT2D eigenvalue weighted by molar-refractivity contribution is 0.0950. The van der Waals surface area contributed by atoms with E-state index in [1.165, 1.54) is 0 Å². The predicted octanol–water partition coefficient (Wildman–Crippen LogP) is 3.25. The zero-order chi connectivity index (χ0) is 14.7. The van der Waals surface area contributed by atoms with Crippen molar-refractivity contribution in [2.75, 3.05) is 0 Å². The molecule has 0 fully saturated rings. The van der Waals surface area contributed by atoms with Crippen LogP contribution in [0.3, 0.4) is 0 Å². The lowest BCUT2D eigenvalue weighted by Crippen LogP contribution is -2.23. The maximum Gasteiger partial charge on any atom is 0.253 e. The highest BCUT2D eigenvalue weighted by molar-refractivity contribution is 6.33. The van der Waals surface area contributed by atoms with E-state index < -0.39 is 17.5 Å². The van der Waals surface area contributed by atoms with Crippen LogP contribution in [-0.2, 0) is 6.54 Å². The summed E-state index contributed by atoms with van der Waals surface area (Å²) in [7, 11) is 0. The van der Waals surface area contributed by atoms with E-state index >= 15 is 0 Å². The number of hydrogen-bond donors (Lipinski definition) is 1. The highest BCUT2D eigenvalue weighted by Gasteiger charge is 2.14. The molecule has 2 rings (SSSR count). The Labute approximate surface area is 119 Å². The SMILES string of the molecule is Cc1ccc(CNC(=O)c2cc(F)c(F)cc2Cl)cn1. The van der Waals surface area contributed by atoms with E-state index in [1.54, 1.807) is 6.20 Å². The van der Waals surface area contributed by atoms with Crippen LogP contribution in [0.15, 0.2) is 30.5 Å². The van der Waals surface area contributed by atoms with Crippen molar-refractivity contribution in [3.63, 3.8) is 0 Å². The van der Waals surface area contributed by atoms with Gasteiger partial charge in [-0.05, 0) is 30.7 Å². The summed E-state index contributed by atoms with van der Waals surface area (Å²) in [4.78, 5) is 16.0. The van der Waals surface area contributed by atoms with Gasteiger partial charge in [0, 0.05) is 18.4 Å². The number of carbonyl (C=O) groups excluding carboxylic acids is 1. The van der Waals surface area contributed by atoms with Gasteiger partial charge in [0.25, 0.3) is 5.91 Å². The van der Waals surface area contributed by atoms with E-state index in [2.05, 4.69) is 10.3 Å². The molecule has 1 amide bonds. The second kappa shape index (κ2) is 5.96. The molecule has 104 valence electrons. The first-order chi connectivity index (χ1) is 9.47. The van der Waals surface area contributed by atoms with Crippen molar-refractivity contribution in [2.24, 2.45) is 0 Å². The van der Waals surface area contributed by atoms with Crippen LogP contribution in [0.4, 0.5) is 8.78 Å². The van der Waals surface area contributed by atoms with Gasteiger partial charge in [0.15, 0.2) is 11.6 Å². The standard InChI is InChI=1S/C14H11ClF2N2O/c1-8-2-3-9(6-18-8)7-19-14(20)10-4-12(16)13(17)5-11(10)15/h2-6H,7H2,1H3,(H,19,20). The topological polar surface area (TPSA) is 42.0 Å². The summed E-state index contributed by atoms with van der Waals surface area (Å²) < 4.78 is 26.0. The fourth-order valence-corrected chi connectivity index (χ4v) is 1.81. The number of nitrogens with zero attached hydrogens (tertiary/aromatic N) is 1. The lowest BCUT2D eigenvalue weighted by Gasteiger charge is -2.07. The van der Waals surface area contributed by atoms with Gasteiger partial charge in [-0.15, -0.1) is 0 Å². The Balaban J connectivity index is 2.09. The number of nitrogens with one attached hydrogen (secondary N) is 1. The average Bonchev–Trinajstić information content (AvgIpc) is 2.42.